The molecule has 2 rings (SSSR count). The van der Waals surface area contributed by atoms with Gasteiger partial charge in [-0.05, 0) is 12.8 Å². The Morgan fingerprint density at radius 1 is 1.47 bits per heavy atom. The molecule has 2 unspecified atom stereocenters. The molecule has 2 N–H and O–H groups in total. The monoisotopic (exact) mass is 286 g/mol. The molecule has 0 amide bonds. The predicted molar refractivity (Wildman–Crippen MR) is 70.2 cm³/mol. The first-order chi connectivity index (χ1) is 9.09. The minimum atomic E-state index is -0.609. The number of nitrogens with one attached hydrogen (secondary N) is 1. The molecule has 0 aliphatic heterocycles. The van der Waals surface area contributed by atoms with Gasteiger partial charge in [0.1, 0.15) is 6.33 Å². The van der Waals surface area contributed by atoms with Gasteiger partial charge in [0.25, 0.3) is 0 Å². The van der Waals surface area contributed by atoms with Crippen LogP contribution in [0.5, 0.6) is 0 Å². The van der Waals surface area contributed by atoms with Crippen LogP contribution in [0.1, 0.15) is 25.7 Å². The third-order valence-corrected chi connectivity index (χ3v) is 3.64. The highest BCUT2D eigenvalue weighted by molar-refractivity contribution is 6.31. The van der Waals surface area contributed by atoms with Crippen molar-refractivity contribution >= 4 is 23.1 Å². The number of halogens is 1. The number of hydrogen-bond donors (Lipinski definition) is 2. The van der Waals surface area contributed by atoms with Crippen LogP contribution in [0.15, 0.2) is 6.33 Å². The maximum Gasteiger partial charge on any atom is 0.348 e. The summed E-state index contributed by atoms with van der Waals surface area (Å²) >= 11 is 5.69. The molecule has 1 aliphatic rings. The van der Waals surface area contributed by atoms with E-state index in [9.17, 15) is 15.2 Å². The molecule has 19 heavy (non-hydrogen) atoms. The fourth-order valence-electron chi connectivity index (χ4n) is 2.30. The van der Waals surface area contributed by atoms with E-state index in [1.54, 1.807) is 0 Å². The second-order valence-electron chi connectivity index (χ2n) is 4.61. The number of nitrogens with zero attached hydrogens (tertiary/aromatic N) is 3. The third-order valence-electron chi connectivity index (χ3n) is 3.36. The van der Waals surface area contributed by atoms with Gasteiger partial charge in [-0.1, -0.05) is 24.4 Å². The van der Waals surface area contributed by atoms with Crippen LogP contribution in [0, 0.1) is 16.0 Å². The highest BCUT2D eigenvalue weighted by Gasteiger charge is 2.25. The van der Waals surface area contributed by atoms with Gasteiger partial charge < -0.3 is 10.4 Å². The first-order valence-electron chi connectivity index (χ1n) is 6.16. The normalized spacial score (nSPS) is 23.1. The van der Waals surface area contributed by atoms with Gasteiger partial charge in [0, 0.05) is 12.5 Å². The van der Waals surface area contributed by atoms with E-state index < -0.39 is 4.92 Å². The minimum Gasteiger partial charge on any atom is -0.393 e. The first-order valence-corrected chi connectivity index (χ1v) is 6.54. The van der Waals surface area contributed by atoms with E-state index in [4.69, 9.17) is 11.6 Å². The van der Waals surface area contributed by atoms with Crippen LogP contribution in [-0.2, 0) is 0 Å². The molecular weight excluding hydrogens is 272 g/mol. The zero-order valence-electron chi connectivity index (χ0n) is 10.3. The van der Waals surface area contributed by atoms with Gasteiger partial charge in [0.2, 0.25) is 11.0 Å². The molecule has 0 radical (unpaired) electrons. The van der Waals surface area contributed by atoms with Crippen molar-refractivity contribution in [2.75, 3.05) is 11.9 Å². The van der Waals surface area contributed by atoms with Gasteiger partial charge >= 0.3 is 5.69 Å². The molecule has 0 spiro atoms. The van der Waals surface area contributed by atoms with Crippen LogP contribution < -0.4 is 5.32 Å². The molecule has 0 aromatic carbocycles. The summed E-state index contributed by atoms with van der Waals surface area (Å²) in [6, 6.07) is 0. The Bertz CT molecular complexity index is 471. The molecule has 0 saturated heterocycles. The molecule has 8 heteroatoms. The van der Waals surface area contributed by atoms with Crippen LogP contribution in [0.25, 0.3) is 0 Å². The standard InChI is InChI=1S/C11H15ClN4O3/c12-10-9(16(18)19)11(15-6-14-10)13-5-7-3-1-2-4-8(7)17/h6-8,17H,1-5H2,(H,13,14,15). The smallest absolute Gasteiger partial charge is 0.348 e. The van der Waals surface area contributed by atoms with Crippen molar-refractivity contribution < 1.29 is 10.0 Å². The molecule has 1 saturated carbocycles. The zero-order valence-corrected chi connectivity index (χ0v) is 11.0. The van der Waals surface area contributed by atoms with Crippen molar-refractivity contribution in [1.29, 1.82) is 0 Å². The SMILES string of the molecule is O=[N+]([O-])c1c(Cl)ncnc1NCC1CCCCC1O. The lowest BCUT2D eigenvalue weighted by atomic mass is 9.86. The fraction of sp³-hybridized carbons (Fsp3) is 0.636. The molecule has 0 bridgehead atoms. The fourth-order valence-corrected chi connectivity index (χ4v) is 2.50. The highest BCUT2D eigenvalue weighted by atomic mass is 35.5. The molecular formula is C11H15ClN4O3. The van der Waals surface area contributed by atoms with Gasteiger partial charge in [0.05, 0.1) is 11.0 Å². The molecule has 1 heterocycles. The summed E-state index contributed by atoms with van der Waals surface area (Å²) in [5.41, 5.74) is -0.325. The summed E-state index contributed by atoms with van der Waals surface area (Å²) in [5, 5.41) is 23.5. The van der Waals surface area contributed by atoms with Crippen LogP contribution in [0.4, 0.5) is 11.5 Å². The van der Waals surface area contributed by atoms with E-state index in [-0.39, 0.29) is 28.7 Å². The van der Waals surface area contributed by atoms with Crippen molar-refractivity contribution in [1.82, 2.24) is 9.97 Å². The van der Waals surface area contributed by atoms with Crippen molar-refractivity contribution in [2.45, 2.75) is 31.8 Å². The minimum absolute atomic E-state index is 0.0853. The Balaban J connectivity index is 2.07. The average Bonchev–Trinajstić information content (AvgIpc) is 2.37. The van der Waals surface area contributed by atoms with E-state index in [1.807, 2.05) is 0 Å². The molecule has 7 nitrogen and oxygen atoms in total. The van der Waals surface area contributed by atoms with Crippen molar-refractivity contribution in [3.8, 4) is 0 Å². The van der Waals surface area contributed by atoms with Crippen LogP contribution in [-0.4, -0.2) is 32.6 Å². The summed E-state index contributed by atoms with van der Waals surface area (Å²) in [6.07, 6.45) is 4.58. The Morgan fingerprint density at radius 2 is 2.21 bits per heavy atom. The van der Waals surface area contributed by atoms with E-state index in [2.05, 4.69) is 15.3 Å². The Labute approximate surface area is 115 Å². The zero-order chi connectivity index (χ0) is 13.8. The number of nitro groups is 1. The van der Waals surface area contributed by atoms with Gasteiger partial charge in [0.15, 0.2) is 0 Å². The second-order valence-corrected chi connectivity index (χ2v) is 4.97. The van der Waals surface area contributed by atoms with Crippen LogP contribution in [0.3, 0.4) is 0 Å². The topological polar surface area (TPSA) is 101 Å². The summed E-state index contributed by atoms with van der Waals surface area (Å²) in [4.78, 5) is 17.7. The van der Waals surface area contributed by atoms with Crippen LogP contribution >= 0.6 is 11.6 Å². The maximum absolute atomic E-state index is 10.9. The number of aromatic nitrogens is 2. The average molecular weight is 287 g/mol. The number of aliphatic hydroxyl groups is 1. The number of anilines is 1. The Hall–Kier alpha value is -1.47. The Morgan fingerprint density at radius 3 is 2.89 bits per heavy atom. The van der Waals surface area contributed by atoms with Gasteiger partial charge in [-0.15, -0.1) is 0 Å². The van der Waals surface area contributed by atoms with Crippen molar-refractivity contribution in [2.24, 2.45) is 5.92 Å². The van der Waals surface area contributed by atoms with Crippen molar-refractivity contribution in [3.05, 3.63) is 21.6 Å². The lowest BCUT2D eigenvalue weighted by Crippen LogP contribution is -2.30. The van der Waals surface area contributed by atoms with Gasteiger partial charge in [-0.25, -0.2) is 9.97 Å². The van der Waals surface area contributed by atoms with E-state index in [0.717, 1.165) is 25.7 Å². The highest BCUT2D eigenvalue weighted by Crippen LogP contribution is 2.30. The summed E-state index contributed by atoms with van der Waals surface area (Å²) in [6.45, 7) is 0.440. The van der Waals surface area contributed by atoms with E-state index in [1.165, 1.54) is 6.33 Å². The number of hydrogen-bond acceptors (Lipinski definition) is 6. The van der Waals surface area contributed by atoms with Crippen LogP contribution in [0.2, 0.25) is 5.15 Å². The van der Waals surface area contributed by atoms with E-state index >= 15 is 0 Å². The lowest BCUT2D eigenvalue weighted by molar-refractivity contribution is -0.384. The van der Waals surface area contributed by atoms with Crippen molar-refractivity contribution in [3.63, 3.8) is 0 Å². The number of aliphatic hydroxyl groups excluding tert-OH is 1. The van der Waals surface area contributed by atoms with Gasteiger partial charge in [-0.2, -0.15) is 0 Å². The molecule has 1 aromatic heterocycles. The predicted octanol–water partition coefficient (Wildman–Crippen LogP) is 2.00. The lowest BCUT2D eigenvalue weighted by Gasteiger charge is -2.27. The quantitative estimate of drug-likeness (QED) is 0.499. The Kier molecular flexibility index (Phi) is 4.49. The third kappa shape index (κ3) is 3.30. The largest absolute Gasteiger partial charge is 0.393 e. The molecule has 104 valence electrons. The molecule has 1 fully saturated rings. The molecule has 1 aliphatic carbocycles. The second kappa shape index (κ2) is 6.12. The summed E-state index contributed by atoms with van der Waals surface area (Å²) in [7, 11) is 0. The van der Waals surface area contributed by atoms with Gasteiger partial charge in [-0.3, -0.25) is 10.1 Å². The number of rotatable bonds is 4. The summed E-state index contributed by atoms with van der Waals surface area (Å²) < 4.78 is 0. The molecule has 1 aromatic rings. The maximum atomic E-state index is 10.9. The first kappa shape index (κ1) is 14.0. The van der Waals surface area contributed by atoms with E-state index in [0.29, 0.717) is 6.54 Å². The molecule has 2 atom stereocenters. The summed E-state index contributed by atoms with van der Waals surface area (Å²) in [5.74, 6) is 0.185.